The zero-order valence-corrected chi connectivity index (χ0v) is 13.5. The largest absolute Gasteiger partial charge is 0.496 e. The molecule has 1 aromatic rings. The molecule has 2 rings (SSSR count). The summed E-state index contributed by atoms with van der Waals surface area (Å²) in [7, 11) is 1.76. The lowest BCUT2D eigenvalue weighted by Gasteiger charge is -2.30. The first-order valence-corrected chi connectivity index (χ1v) is 7.98. The summed E-state index contributed by atoms with van der Waals surface area (Å²) in [6, 6.07) is 6.83. The summed E-state index contributed by atoms with van der Waals surface area (Å²) in [5.41, 5.74) is 3.05. The molecule has 1 aliphatic rings. The molecule has 0 saturated heterocycles. The highest BCUT2D eigenvalue weighted by Gasteiger charge is 2.32. The van der Waals surface area contributed by atoms with E-state index >= 15 is 0 Å². The molecule has 0 radical (unpaired) electrons. The highest BCUT2D eigenvalue weighted by atomic mass is 16.5. The first-order chi connectivity index (χ1) is 9.60. The maximum Gasteiger partial charge on any atom is 0.123 e. The van der Waals surface area contributed by atoms with Crippen molar-refractivity contribution in [2.24, 2.45) is 5.41 Å². The third-order valence-corrected chi connectivity index (χ3v) is 5.05. The lowest BCUT2D eigenvalue weighted by atomic mass is 9.83. The summed E-state index contributed by atoms with van der Waals surface area (Å²) in [5, 5.41) is 3.75. The van der Waals surface area contributed by atoms with E-state index in [0.717, 1.165) is 12.3 Å². The fourth-order valence-electron chi connectivity index (χ4n) is 3.44. The molecule has 1 aromatic carbocycles. The minimum Gasteiger partial charge on any atom is -0.496 e. The number of benzene rings is 1. The average molecular weight is 275 g/mol. The van der Waals surface area contributed by atoms with Gasteiger partial charge in [0.25, 0.3) is 0 Å². The van der Waals surface area contributed by atoms with Crippen LogP contribution in [0.1, 0.15) is 63.1 Å². The summed E-state index contributed by atoms with van der Waals surface area (Å²) in [4.78, 5) is 0. The molecule has 0 amide bonds. The van der Waals surface area contributed by atoms with Crippen molar-refractivity contribution in [2.45, 2.75) is 58.9 Å². The number of rotatable bonds is 6. The molecule has 1 fully saturated rings. The molecule has 0 aliphatic heterocycles. The molecule has 1 unspecified atom stereocenters. The molecular weight excluding hydrogens is 246 g/mol. The van der Waals surface area contributed by atoms with Gasteiger partial charge in [0.2, 0.25) is 0 Å². The highest BCUT2D eigenvalue weighted by Crippen LogP contribution is 2.40. The lowest BCUT2D eigenvalue weighted by molar-refractivity contribution is 0.257. The van der Waals surface area contributed by atoms with Crippen molar-refractivity contribution in [1.29, 1.82) is 0 Å². The number of nitrogens with one attached hydrogen (secondary N) is 1. The Kier molecular flexibility index (Phi) is 5.09. The third kappa shape index (κ3) is 3.35. The Morgan fingerprint density at radius 2 is 2.00 bits per heavy atom. The fourth-order valence-corrected chi connectivity index (χ4v) is 3.44. The van der Waals surface area contributed by atoms with Gasteiger partial charge in [-0.3, -0.25) is 0 Å². The first kappa shape index (κ1) is 15.4. The van der Waals surface area contributed by atoms with Crippen LogP contribution in [0.2, 0.25) is 0 Å². The van der Waals surface area contributed by atoms with Gasteiger partial charge in [0.15, 0.2) is 0 Å². The number of hydrogen-bond donors (Lipinski definition) is 1. The minimum absolute atomic E-state index is 0.342. The molecule has 1 aliphatic carbocycles. The van der Waals surface area contributed by atoms with Gasteiger partial charge in [-0.25, -0.2) is 0 Å². The van der Waals surface area contributed by atoms with Crippen LogP contribution in [0.4, 0.5) is 0 Å². The van der Waals surface area contributed by atoms with E-state index in [1.165, 1.54) is 43.2 Å². The molecule has 2 nitrogen and oxygen atoms in total. The maximum absolute atomic E-state index is 5.53. The maximum atomic E-state index is 5.53. The Morgan fingerprint density at radius 3 is 2.60 bits per heavy atom. The molecule has 0 bridgehead atoms. The van der Waals surface area contributed by atoms with Gasteiger partial charge in [-0.1, -0.05) is 31.9 Å². The zero-order valence-electron chi connectivity index (χ0n) is 13.5. The van der Waals surface area contributed by atoms with Gasteiger partial charge in [-0.05, 0) is 50.2 Å². The molecule has 0 spiro atoms. The Bertz CT molecular complexity index is 435. The summed E-state index contributed by atoms with van der Waals surface area (Å²) in [6.07, 6.45) is 6.86. The average Bonchev–Trinajstić information content (AvgIpc) is 2.94. The van der Waals surface area contributed by atoms with E-state index in [2.05, 4.69) is 44.3 Å². The molecule has 1 saturated carbocycles. The van der Waals surface area contributed by atoms with Crippen LogP contribution >= 0.6 is 0 Å². The van der Waals surface area contributed by atoms with E-state index in [1.807, 2.05) is 0 Å². The standard InChI is InChI=1S/C18H29NO/c1-5-18(10-6-7-11-18)13-19-15(3)16-9-8-14(2)12-17(16)20-4/h8-9,12,15,19H,5-7,10-11,13H2,1-4H3. The number of aryl methyl sites for hydroxylation is 1. The summed E-state index contributed by atoms with van der Waals surface area (Å²) in [5.74, 6) is 1.00. The van der Waals surface area contributed by atoms with Crippen molar-refractivity contribution in [1.82, 2.24) is 5.32 Å². The van der Waals surface area contributed by atoms with Gasteiger partial charge in [-0.2, -0.15) is 0 Å². The second kappa shape index (κ2) is 6.62. The van der Waals surface area contributed by atoms with Crippen molar-refractivity contribution >= 4 is 0 Å². The number of methoxy groups -OCH3 is 1. The fraction of sp³-hybridized carbons (Fsp3) is 0.667. The van der Waals surface area contributed by atoms with Crippen molar-refractivity contribution < 1.29 is 4.74 Å². The van der Waals surface area contributed by atoms with Crippen LogP contribution in [-0.4, -0.2) is 13.7 Å². The van der Waals surface area contributed by atoms with Crippen LogP contribution in [0, 0.1) is 12.3 Å². The van der Waals surface area contributed by atoms with E-state index < -0.39 is 0 Å². The summed E-state index contributed by atoms with van der Waals surface area (Å²) in [6.45, 7) is 7.81. The SMILES string of the molecule is CCC1(CNC(C)c2ccc(C)cc2OC)CCCC1. The molecule has 2 heteroatoms. The normalized spacial score (nSPS) is 19.0. The highest BCUT2D eigenvalue weighted by molar-refractivity contribution is 5.39. The summed E-state index contributed by atoms with van der Waals surface area (Å²) < 4.78 is 5.53. The number of hydrogen-bond acceptors (Lipinski definition) is 2. The second-order valence-corrected chi connectivity index (χ2v) is 6.41. The van der Waals surface area contributed by atoms with Crippen LogP contribution in [0.25, 0.3) is 0 Å². The molecule has 112 valence electrons. The van der Waals surface area contributed by atoms with Crippen LogP contribution in [0.5, 0.6) is 5.75 Å². The molecular formula is C18H29NO. The number of ether oxygens (including phenoxy) is 1. The van der Waals surface area contributed by atoms with Crippen molar-refractivity contribution in [3.05, 3.63) is 29.3 Å². The van der Waals surface area contributed by atoms with E-state index in [-0.39, 0.29) is 0 Å². The summed E-state index contributed by atoms with van der Waals surface area (Å²) >= 11 is 0. The van der Waals surface area contributed by atoms with Gasteiger partial charge >= 0.3 is 0 Å². The van der Waals surface area contributed by atoms with E-state index in [0.29, 0.717) is 11.5 Å². The Hall–Kier alpha value is -1.02. The first-order valence-electron chi connectivity index (χ1n) is 7.98. The van der Waals surface area contributed by atoms with Crippen molar-refractivity contribution in [3.8, 4) is 5.75 Å². The molecule has 20 heavy (non-hydrogen) atoms. The van der Waals surface area contributed by atoms with Gasteiger partial charge in [0.05, 0.1) is 7.11 Å². The Balaban J connectivity index is 2.03. The van der Waals surface area contributed by atoms with Crippen molar-refractivity contribution in [3.63, 3.8) is 0 Å². The van der Waals surface area contributed by atoms with Gasteiger partial charge in [-0.15, -0.1) is 0 Å². The second-order valence-electron chi connectivity index (χ2n) is 6.41. The monoisotopic (exact) mass is 275 g/mol. The lowest BCUT2D eigenvalue weighted by Crippen LogP contribution is -2.33. The molecule has 0 aromatic heterocycles. The smallest absolute Gasteiger partial charge is 0.123 e. The minimum atomic E-state index is 0.342. The Morgan fingerprint density at radius 1 is 1.30 bits per heavy atom. The van der Waals surface area contributed by atoms with Crippen LogP contribution in [0.3, 0.4) is 0 Å². The van der Waals surface area contributed by atoms with Gasteiger partial charge in [0, 0.05) is 18.2 Å². The zero-order chi connectivity index (χ0) is 14.6. The predicted molar refractivity (Wildman–Crippen MR) is 85.3 cm³/mol. The van der Waals surface area contributed by atoms with E-state index in [9.17, 15) is 0 Å². The molecule has 0 heterocycles. The molecule has 1 atom stereocenters. The third-order valence-electron chi connectivity index (χ3n) is 5.05. The quantitative estimate of drug-likeness (QED) is 0.817. The van der Waals surface area contributed by atoms with Crippen LogP contribution in [0.15, 0.2) is 18.2 Å². The van der Waals surface area contributed by atoms with Gasteiger partial charge < -0.3 is 10.1 Å². The van der Waals surface area contributed by atoms with E-state index in [4.69, 9.17) is 4.74 Å². The van der Waals surface area contributed by atoms with Crippen LogP contribution in [-0.2, 0) is 0 Å². The topological polar surface area (TPSA) is 21.3 Å². The van der Waals surface area contributed by atoms with E-state index in [1.54, 1.807) is 7.11 Å². The van der Waals surface area contributed by atoms with Crippen molar-refractivity contribution in [2.75, 3.05) is 13.7 Å². The van der Waals surface area contributed by atoms with Gasteiger partial charge in [0.1, 0.15) is 5.75 Å². The van der Waals surface area contributed by atoms with Crippen LogP contribution < -0.4 is 10.1 Å². The Labute approximate surface area is 123 Å². The molecule has 1 N–H and O–H groups in total. The predicted octanol–water partition coefficient (Wildman–Crippen LogP) is 4.62.